The van der Waals surface area contributed by atoms with E-state index in [1.165, 1.54) is 0 Å². The highest BCUT2D eigenvalue weighted by atomic mass is 14.9. The molecule has 0 rings (SSSR count). The van der Waals surface area contributed by atoms with Crippen LogP contribution in [0.1, 0.15) is 19.3 Å². The van der Waals surface area contributed by atoms with E-state index in [0.29, 0.717) is 6.04 Å². The fourth-order valence-corrected chi connectivity index (χ4v) is 0.915. The average Bonchev–Trinajstić information content (AvgIpc) is 1.89. The minimum absolute atomic E-state index is 0.302. The van der Waals surface area contributed by atoms with Crippen LogP contribution in [0.25, 0.3) is 0 Å². The highest BCUT2D eigenvalue weighted by Crippen LogP contribution is 1.95. The molecule has 0 aliphatic heterocycles. The minimum atomic E-state index is 0.302. The first-order valence-corrected chi connectivity index (χ1v) is 3.91. The predicted molar refractivity (Wildman–Crippen MR) is 44.8 cm³/mol. The van der Waals surface area contributed by atoms with Gasteiger partial charge in [0.1, 0.15) is 0 Å². The summed E-state index contributed by atoms with van der Waals surface area (Å²) in [6.07, 6.45) is 3.33. The van der Waals surface area contributed by atoms with Crippen LogP contribution in [0.5, 0.6) is 0 Å². The summed E-state index contributed by atoms with van der Waals surface area (Å²) >= 11 is 0. The van der Waals surface area contributed by atoms with Crippen molar-refractivity contribution in [1.82, 2.24) is 5.32 Å². The zero-order valence-electron chi connectivity index (χ0n) is 6.77. The topological polar surface area (TPSA) is 64.1 Å². The summed E-state index contributed by atoms with van der Waals surface area (Å²) in [6.45, 7) is 1.69. The largest absolute Gasteiger partial charge is 0.330 e. The first-order chi connectivity index (χ1) is 4.81. The summed E-state index contributed by atoms with van der Waals surface area (Å²) in [5, 5.41) is 3.04. The van der Waals surface area contributed by atoms with Gasteiger partial charge < -0.3 is 16.8 Å². The first-order valence-electron chi connectivity index (χ1n) is 3.91. The Hall–Kier alpha value is -0.120. The third kappa shape index (κ3) is 6.01. The van der Waals surface area contributed by atoms with E-state index in [2.05, 4.69) is 5.32 Å². The first kappa shape index (κ1) is 9.88. The number of unbranched alkanes of at least 4 members (excludes halogenated alkanes) is 1. The second-order valence-corrected chi connectivity index (χ2v) is 2.60. The van der Waals surface area contributed by atoms with Crippen molar-refractivity contribution in [2.24, 2.45) is 11.5 Å². The van der Waals surface area contributed by atoms with E-state index in [-0.39, 0.29) is 0 Å². The van der Waals surface area contributed by atoms with Crippen molar-refractivity contribution in [3.05, 3.63) is 0 Å². The molecule has 10 heavy (non-hydrogen) atoms. The smallest absolute Gasteiger partial charge is 0.0165 e. The average molecular weight is 145 g/mol. The van der Waals surface area contributed by atoms with Crippen molar-refractivity contribution < 1.29 is 0 Å². The Bertz CT molecular complexity index is 65.9. The molecule has 0 heterocycles. The number of hydrogen-bond donors (Lipinski definition) is 3. The molecular weight excluding hydrogens is 126 g/mol. The molecule has 0 aromatic rings. The molecule has 0 bridgehead atoms. The lowest BCUT2D eigenvalue weighted by Crippen LogP contribution is -2.31. The van der Waals surface area contributed by atoms with Crippen LogP contribution in [0, 0.1) is 0 Å². The van der Waals surface area contributed by atoms with Gasteiger partial charge in [-0.1, -0.05) is 6.42 Å². The van der Waals surface area contributed by atoms with Gasteiger partial charge in [-0.25, -0.2) is 0 Å². The zero-order valence-corrected chi connectivity index (χ0v) is 6.77. The Morgan fingerprint density at radius 1 is 1.40 bits per heavy atom. The summed E-state index contributed by atoms with van der Waals surface area (Å²) in [7, 11) is 1.92. The number of nitrogens with one attached hydrogen (secondary N) is 1. The van der Waals surface area contributed by atoms with E-state index in [1.807, 2.05) is 7.05 Å². The SMILES string of the molecule is CNC[C@H](N)CCCCN. The number of likely N-dealkylation sites (N-methyl/N-ethyl adjacent to an activating group) is 1. The van der Waals surface area contributed by atoms with E-state index < -0.39 is 0 Å². The highest BCUT2D eigenvalue weighted by Gasteiger charge is 1.98. The Morgan fingerprint density at radius 2 is 2.10 bits per heavy atom. The minimum Gasteiger partial charge on any atom is -0.330 e. The van der Waals surface area contributed by atoms with Crippen molar-refractivity contribution in [3.8, 4) is 0 Å². The van der Waals surface area contributed by atoms with Gasteiger partial charge in [-0.15, -0.1) is 0 Å². The molecule has 3 nitrogen and oxygen atoms in total. The van der Waals surface area contributed by atoms with E-state index in [0.717, 1.165) is 32.4 Å². The number of hydrogen-bond acceptors (Lipinski definition) is 3. The van der Waals surface area contributed by atoms with E-state index in [1.54, 1.807) is 0 Å². The monoisotopic (exact) mass is 145 g/mol. The van der Waals surface area contributed by atoms with Crippen molar-refractivity contribution in [1.29, 1.82) is 0 Å². The van der Waals surface area contributed by atoms with Crippen LogP contribution in [0.4, 0.5) is 0 Å². The van der Waals surface area contributed by atoms with Gasteiger partial charge in [0, 0.05) is 12.6 Å². The van der Waals surface area contributed by atoms with Gasteiger partial charge in [0.05, 0.1) is 0 Å². The van der Waals surface area contributed by atoms with Crippen LogP contribution in [-0.4, -0.2) is 26.2 Å². The fraction of sp³-hybridized carbons (Fsp3) is 1.00. The van der Waals surface area contributed by atoms with Crippen LogP contribution in [-0.2, 0) is 0 Å². The van der Waals surface area contributed by atoms with E-state index >= 15 is 0 Å². The molecule has 3 heteroatoms. The Labute approximate surface area is 63.2 Å². The van der Waals surface area contributed by atoms with Crippen molar-refractivity contribution >= 4 is 0 Å². The maximum Gasteiger partial charge on any atom is 0.0165 e. The second kappa shape index (κ2) is 6.99. The molecule has 0 saturated carbocycles. The van der Waals surface area contributed by atoms with Crippen molar-refractivity contribution in [2.45, 2.75) is 25.3 Å². The lowest BCUT2D eigenvalue weighted by molar-refractivity contribution is 0.542. The third-order valence-electron chi connectivity index (χ3n) is 1.50. The predicted octanol–water partition coefficient (Wildman–Crippen LogP) is -0.338. The van der Waals surface area contributed by atoms with Gasteiger partial charge in [0.2, 0.25) is 0 Å². The molecule has 62 valence electrons. The molecule has 0 spiro atoms. The molecule has 5 N–H and O–H groups in total. The Balaban J connectivity index is 2.97. The van der Waals surface area contributed by atoms with Crippen LogP contribution in [0.3, 0.4) is 0 Å². The Kier molecular flexibility index (Phi) is 6.91. The fourth-order valence-electron chi connectivity index (χ4n) is 0.915. The number of rotatable bonds is 6. The Morgan fingerprint density at radius 3 is 2.60 bits per heavy atom. The maximum atomic E-state index is 5.72. The van der Waals surface area contributed by atoms with Gasteiger partial charge in [-0.3, -0.25) is 0 Å². The van der Waals surface area contributed by atoms with Gasteiger partial charge in [0.25, 0.3) is 0 Å². The lowest BCUT2D eigenvalue weighted by atomic mass is 10.1. The van der Waals surface area contributed by atoms with E-state index in [9.17, 15) is 0 Å². The van der Waals surface area contributed by atoms with Gasteiger partial charge in [-0.05, 0) is 26.4 Å². The zero-order chi connectivity index (χ0) is 7.82. The van der Waals surface area contributed by atoms with Crippen molar-refractivity contribution in [3.63, 3.8) is 0 Å². The molecule has 1 atom stereocenters. The quantitative estimate of drug-likeness (QED) is 0.448. The van der Waals surface area contributed by atoms with Gasteiger partial charge in [0.15, 0.2) is 0 Å². The molecule has 0 fully saturated rings. The molecular formula is C7H19N3. The number of nitrogens with two attached hydrogens (primary N) is 2. The molecule has 0 saturated heterocycles. The van der Waals surface area contributed by atoms with Crippen LogP contribution in [0.15, 0.2) is 0 Å². The molecule has 0 aliphatic rings. The summed E-state index contributed by atoms with van der Waals surface area (Å²) in [5.74, 6) is 0. The van der Waals surface area contributed by atoms with Gasteiger partial charge in [-0.2, -0.15) is 0 Å². The molecule has 0 aliphatic carbocycles. The van der Waals surface area contributed by atoms with E-state index in [4.69, 9.17) is 11.5 Å². The highest BCUT2D eigenvalue weighted by molar-refractivity contribution is 4.62. The van der Waals surface area contributed by atoms with Crippen LogP contribution in [0.2, 0.25) is 0 Å². The molecule has 0 amide bonds. The second-order valence-electron chi connectivity index (χ2n) is 2.60. The third-order valence-corrected chi connectivity index (χ3v) is 1.50. The lowest BCUT2D eigenvalue weighted by Gasteiger charge is -2.09. The van der Waals surface area contributed by atoms with Crippen molar-refractivity contribution in [2.75, 3.05) is 20.1 Å². The van der Waals surface area contributed by atoms with Crippen LogP contribution < -0.4 is 16.8 Å². The van der Waals surface area contributed by atoms with Crippen LogP contribution >= 0.6 is 0 Å². The molecule has 0 aromatic heterocycles. The normalized spacial score (nSPS) is 13.5. The molecule has 0 unspecified atom stereocenters. The summed E-state index contributed by atoms with van der Waals surface area (Å²) in [5.41, 5.74) is 11.1. The maximum absolute atomic E-state index is 5.72. The van der Waals surface area contributed by atoms with Gasteiger partial charge >= 0.3 is 0 Å². The molecule has 0 radical (unpaired) electrons. The molecule has 0 aromatic carbocycles. The summed E-state index contributed by atoms with van der Waals surface area (Å²) < 4.78 is 0. The summed E-state index contributed by atoms with van der Waals surface area (Å²) in [4.78, 5) is 0. The standard InChI is InChI=1S/C7H19N3/c1-10-6-7(9)4-2-3-5-8/h7,10H,2-6,8-9H2,1H3/t7-/m1/s1. The summed E-state index contributed by atoms with van der Waals surface area (Å²) in [6, 6.07) is 0.302.